The summed E-state index contributed by atoms with van der Waals surface area (Å²) in [5, 5.41) is 14.6. The first kappa shape index (κ1) is 17.7. The van der Waals surface area contributed by atoms with Gasteiger partial charge in [0.1, 0.15) is 6.61 Å². The summed E-state index contributed by atoms with van der Waals surface area (Å²) in [7, 11) is 1.54. The predicted molar refractivity (Wildman–Crippen MR) is 101 cm³/mol. The van der Waals surface area contributed by atoms with Crippen LogP contribution in [-0.4, -0.2) is 37.0 Å². The largest absolute Gasteiger partial charge is 0.493 e. The molecule has 26 heavy (non-hydrogen) atoms. The molecule has 6 nitrogen and oxygen atoms in total. The number of carbonyl (C=O) groups is 1. The summed E-state index contributed by atoms with van der Waals surface area (Å²) >= 11 is 0. The maximum absolute atomic E-state index is 12.7. The van der Waals surface area contributed by atoms with Crippen LogP contribution in [0.2, 0.25) is 0 Å². The molecule has 1 N–H and O–H groups in total. The molecular weight excluding hydrogens is 332 g/mol. The van der Waals surface area contributed by atoms with E-state index in [0.717, 1.165) is 11.3 Å². The molecule has 3 rings (SSSR count). The second-order valence-electron chi connectivity index (χ2n) is 5.68. The molecule has 0 fully saturated rings. The summed E-state index contributed by atoms with van der Waals surface area (Å²) in [6.07, 6.45) is 1.78. The SMILES string of the molecule is COc1cc(C=C2C(=O)N(c3ccccc3)N=C2C)ccc1OCCO. The van der Waals surface area contributed by atoms with Gasteiger partial charge in [0.25, 0.3) is 5.91 Å². The van der Waals surface area contributed by atoms with Gasteiger partial charge in [0.2, 0.25) is 0 Å². The number of amides is 1. The van der Waals surface area contributed by atoms with Crippen LogP contribution in [0.3, 0.4) is 0 Å². The lowest BCUT2D eigenvalue weighted by Crippen LogP contribution is -2.21. The summed E-state index contributed by atoms with van der Waals surface area (Å²) in [4.78, 5) is 12.7. The van der Waals surface area contributed by atoms with E-state index in [2.05, 4.69) is 5.10 Å². The minimum atomic E-state index is -0.173. The van der Waals surface area contributed by atoms with E-state index in [-0.39, 0.29) is 19.1 Å². The molecule has 6 heteroatoms. The maximum Gasteiger partial charge on any atom is 0.280 e. The van der Waals surface area contributed by atoms with Crippen molar-refractivity contribution >= 4 is 23.4 Å². The van der Waals surface area contributed by atoms with Crippen molar-refractivity contribution in [2.75, 3.05) is 25.3 Å². The number of aliphatic hydroxyl groups is 1. The number of ether oxygens (including phenoxy) is 2. The molecule has 0 bridgehead atoms. The molecule has 1 aliphatic heterocycles. The van der Waals surface area contributed by atoms with Crippen LogP contribution in [0.15, 0.2) is 59.2 Å². The van der Waals surface area contributed by atoms with Gasteiger partial charge < -0.3 is 14.6 Å². The highest BCUT2D eigenvalue weighted by Crippen LogP contribution is 2.30. The second-order valence-corrected chi connectivity index (χ2v) is 5.68. The molecule has 0 saturated carbocycles. The number of hydrazone groups is 1. The Morgan fingerprint density at radius 3 is 2.62 bits per heavy atom. The van der Waals surface area contributed by atoms with Gasteiger partial charge in [-0.1, -0.05) is 24.3 Å². The van der Waals surface area contributed by atoms with E-state index in [4.69, 9.17) is 14.6 Å². The van der Waals surface area contributed by atoms with Gasteiger partial charge >= 0.3 is 0 Å². The van der Waals surface area contributed by atoms with Crippen LogP contribution in [0.4, 0.5) is 5.69 Å². The smallest absolute Gasteiger partial charge is 0.280 e. The molecule has 0 saturated heterocycles. The van der Waals surface area contributed by atoms with Gasteiger partial charge in [-0.2, -0.15) is 10.1 Å². The topological polar surface area (TPSA) is 71.4 Å². The Kier molecular flexibility index (Phi) is 5.34. The van der Waals surface area contributed by atoms with E-state index in [0.29, 0.717) is 22.8 Å². The summed E-state index contributed by atoms with van der Waals surface area (Å²) in [6, 6.07) is 14.7. The number of hydrogen-bond acceptors (Lipinski definition) is 5. The van der Waals surface area contributed by atoms with E-state index >= 15 is 0 Å². The minimum absolute atomic E-state index is 0.0750. The van der Waals surface area contributed by atoms with E-state index in [1.807, 2.05) is 43.3 Å². The standard InChI is InChI=1S/C20H20N2O4/c1-14-17(20(24)22(21-14)16-6-4-3-5-7-16)12-15-8-9-18(26-11-10-23)19(13-15)25-2/h3-9,12-13,23H,10-11H2,1-2H3. The summed E-state index contributed by atoms with van der Waals surface area (Å²) in [5.74, 6) is 0.902. The highest BCUT2D eigenvalue weighted by Gasteiger charge is 2.28. The van der Waals surface area contributed by atoms with Crippen molar-refractivity contribution in [3.05, 3.63) is 59.7 Å². The lowest BCUT2D eigenvalue weighted by Gasteiger charge is -2.12. The average Bonchev–Trinajstić information content (AvgIpc) is 2.95. The highest BCUT2D eigenvalue weighted by molar-refractivity contribution is 6.32. The first-order valence-electron chi connectivity index (χ1n) is 8.22. The zero-order chi connectivity index (χ0) is 18.5. The van der Waals surface area contributed by atoms with Gasteiger partial charge in [-0.25, -0.2) is 0 Å². The van der Waals surface area contributed by atoms with Crippen LogP contribution >= 0.6 is 0 Å². The molecule has 2 aromatic carbocycles. The van der Waals surface area contributed by atoms with Crippen molar-refractivity contribution in [1.82, 2.24) is 0 Å². The normalized spacial score (nSPS) is 15.3. The quantitative estimate of drug-likeness (QED) is 0.812. The Bertz CT molecular complexity index is 859. The number of methoxy groups -OCH3 is 1. The molecule has 0 atom stereocenters. The highest BCUT2D eigenvalue weighted by atomic mass is 16.5. The van der Waals surface area contributed by atoms with E-state index in [9.17, 15) is 4.79 Å². The number of para-hydroxylation sites is 1. The van der Waals surface area contributed by atoms with Gasteiger partial charge in [0.05, 0.1) is 30.7 Å². The molecule has 134 valence electrons. The number of carbonyl (C=O) groups excluding carboxylic acids is 1. The van der Waals surface area contributed by atoms with Crippen molar-refractivity contribution in [3.8, 4) is 11.5 Å². The predicted octanol–water partition coefficient (Wildman–Crippen LogP) is 2.87. The van der Waals surface area contributed by atoms with Gasteiger partial charge in [0.15, 0.2) is 11.5 Å². The Morgan fingerprint density at radius 1 is 1.15 bits per heavy atom. The van der Waals surface area contributed by atoms with Crippen LogP contribution in [0, 0.1) is 0 Å². The molecule has 0 spiro atoms. The average molecular weight is 352 g/mol. The van der Waals surface area contributed by atoms with Crippen molar-refractivity contribution in [3.63, 3.8) is 0 Å². The fourth-order valence-corrected chi connectivity index (χ4v) is 2.64. The molecule has 1 amide bonds. The molecular formula is C20H20N2O4. The summed E-state index contributed by atoms with van der Waals surface area (Å²) < 4.78 is 10.8. The van der Waals surface area contributed by atoms with Crippen molar-refractivity contribution in [2.45, 2.75) is 6.92 Å². The number of rotatable bonds is 6. The van der Waals surface area contributed by atoms with Gasteiger partial charge in [-0.05, 0) is 42.8 Å². The summed E-state index contributed by atoms with van der Waals surface area (Å²) in [6.45, 7) is 1.92. The minimum Gasteiger partial charge on any atom is -0.493 e. The van der Waals surface area contributed by atoms with Gasteiger partial charge in [-0.15, -0.1) is 0 Å². The van der Waals surface area contributed by atoms with Crippen LogP contribution in [0.25, 0.3) is 6.08 Å². The number of benzene rings is 2. The molecule has 0 radical (unpaired) electrons. The van der Waals surface area contributed by atoms with Gasteiger partial charge in [0, 0.05) is 0 Å². The second kappa shape index (κ2) is 7.84. The number of anilines is 1. The third-order valence-electron chi connectivity index (χ3n) is 3.91. The monoisotopic (exact) mass is 352 g/mol. The van der Waals surface area contributed by atoms with Crippen LogP contribution < -0.4 is 14.5 Å². The molecule has 0 aliphatic carbocycles. The first-order valence-corrected chi connectivity index (χ1v) is 8.22. The third kappa shape index (κ3) is 3.60. The third-order valence-corrected chi connectivity index (χ3v) is 3.91. The molecule has 1 heterocycles. The van der Waals surface area contributed by atoms with Crippen molar-refractivity contribution < 1.29 is 19.4 Å². The van der Waals surface area contributed by atoms with Gasteiger partial charge in [-0.3, -0.25) is 4.79 Å². The van der Waals surface area contributed by atoms with Crippen molar-refractivity contribution in [2.24, 2.45) is 5.10 Å². The van der Waals surface area contributed by atoms with Crippen LogP contribution in [-0.2, 0) is 4.79 Å². The van der Waals surface area contributed by atoms with E-state index in [1.165, 1.54) is 5.01 Å². The summed E-state index contributed by atoms with van der Waals surface area (Å²) in [5.41, 5.74) is 2.70. The number of aliphatic hydroxyl groups excluding tert-OH is 1. The fraction of sp³-hybridized carbons (Fsp3) is 0.200. The Balaban J connectivity index is 1.88. The first-order chi connectivity index (χ1) is 12.6. The Labute approximate surface area is 152 Å². The zero-order valence-corrected chi connectivity index (χ0v) is 14.7. The van der Waals surface area contributed by atoms with Crippen LogP contribution in [0.1, 0.15) is 12.5 Å². The van der Waals surface area contributed by atoms with Crippen molar-refractivity contribution in [1.29, 1.82) is 0 Å². The molecule has 0 aromatic heterocycles. The lowest BCUT2D eigenvalue weighted by atomic mass is 10.1. The zero-order valence-electron chi connectivity index (χ0n) is 14.7. The maximum atomic E-state index is 12.7. The fourth-order valence-electron chi connectivity index (χ4n) is 2.64. The van der Waals surface area contributed by atoms with E-state index < -0.39 is 0 Å². The van der Waals surface area contributed by atoms with Crippen LogP contribution in [0.5, 0.6) is 11.5 Å². The molecule has 2 aromatic rings. The molecule has 0 unspecified atom stereocenters. The Morgan fingerprint density at radius 2 is 1.92 bits per heavy atom. The van der Waals surface area contributed by atoms with E-state index in [1.54, 1.807) is 25.3 Å². The molecule has 1 aliphatic rings. The number of hydrogen-bond donors (Lipinski definition) is 1. The Hall–Kier alpha value is -3.12. The lowest BCUT2D eigenvalue weighted by molar-refractivity contribution is -0.114. The number of nitrogens with zero attached hydrogens (tertiary/aromatic N) is 2.